The highest BCUT2D eigenvalue weighted by Gasteiger charge is 2.20. The van der Waals surface area contributed by atoms with Gasteiger partial charge in [0.1, 0.15) is 0 Å². The molecule has 0 saturated heterocycles. The van der Waals surface area contributed by atoms with Gasteiger partial charge in [0.2, 0.25) is 0 Å². The Labute approximate surface area is 117 Å². The average molecular weight is 324 g/mol. The van der Waals surface area contributed by atoms with Crippen LogP contribution in [-0.4, -0.2) is 51.8 Å². The highest BCUT2D eigenvalue weighted by molar-refractivity contribution is 7.85. The Balaban J connectivity index is 0.000000796. The summed E-state index contributed by atoms with van der Waals surface area (Å²) in [5, 5.41) is 17.3. The van der Waals surface area contributed by atoms with E-state index in [-0.39, 0.29) is 0 Å². The Morgan fingerprint density at radius 1 is 1.05 bits per heavy atom. The molecule has 0 atom stereocenters. The maximum Gasteiger partial charge on any atom is 0.336 e. The van der Waals surface area contributed by atoms with E-state index in [1.54, 1.807) is 12.5 Å². The van der Waals surface area contributed by atoms with Crippen molar-refractivity contribution in [3.8, 4) is 0 Å². The zero-order valence-corrected chi connectivity index (χ0v) is 12.1. The van der Waals surface area contributed by atoms with Gasteiger partial charge in [0, 0.05) is 23.3 Å². The molecular weight excluding hydrogens is 312 g/mol. The minimum atomic E-state index is -4.56. The molecule has 1 aromatic rings. The fourth-order valence-corrected chi connectivity index (χ4v) is 1.55. The molecule has 0 heterocycles. The Hall–Kier alpha value is -1.78. The lowest BCUT2D eigenvalue weighted by atomic mass is 10.1. The zero-order valence-electron chi connectivity index (χ0n) is 10.4. The minimum Gasteiger partial charge on any atom is -0.478 e. The van der Waals surface area contributed by atoms with Crippen molar-refractivity contribution in [3.05, 3.63) is 29.3 Å². The normalized spacial score (nSPS) is 10.6. The third-order valence-corrected chi connectivity index (χ3v) is 2.60. The zero-order chi connectivity index (χ0) is 16.1. The number of carboxylic acid groups (broad SMARTS) is 2. The molecule has 0 saturated carbocycles. The van der Waals surface area contributed by atoms with Crippen LogP contribution >= 0.6 is 0 Å². The van der Waals surface area contributed by atoms with Crippen molar-refractivity contribution in [1.29, 1.82) is 0 Å². The molecule has 0 aliphatic rings. The first-order valence-electron chi connectivity index (χ1n) is 4.80. The van der Waals surface area contributed by atoms with Gasteiger partial charge in [0.25, 0.3) is 10.1 Å². The van der Waals surface area contributed by atoms with E-state index in [1.807, 2.05) is 0 Å². The Morgan fingerprint density at radius 2 is 1.45 bits per heavy atom. The van der Waals surface area contributed by atoms with Gasteiger partial charge in [-0.2, -0.15) is 8.42 Å². The van der Waals surface area contributed by atoms with E-state index in [1.165, 1.54) is 0 Å². The van der Waals surface area contributed by atoms with E-state index in [4.69, 9.17) is 14.8 Å². The smallest absolute Gasteiger partial charge is 0.336 e. The summed E-state index contributed by atoms with van der Waals surface area (Å²) in [4.78, 5) is 20.6. The molecule has 1 aromatic carbocycles. The van der Waals surface area contributed by atoms with E-state index in [0.717, 1.165) is 12.1 Å². The van der Waals surface area contributed by atoms with Crippen molar-refractivity contribution in [3.63, 3.8) is 0 Å². The molecular formula is C10H12O8S2. The molecule has 10 heteroatoms. The van der Waals surface area contributed by atoms with Gasteiger partial charge in [-0.05, 0) is 18.2 Å². The second-order valence-corrected chi connectivity index (χ2v) is 6.44. The van der Waals surface area contributed by atoms with Crippen molar-refractivity contribution >= 4 is 32.9 Å². The van der Waals surface area contributed by atoms with E-state index < -0.39 is 48.9 Å². The second kappa shape index (κ2) is 7.12. The van der Waals surface area contributed by atoms with Crippen molar-refractivity contribution in [1.82, 2.24) is 0 Å². The van der Waals surface area contributed by atoms with Gasteiger partial charge in [0.15, 0.2) is 0 Å². The van der Waals surface area contributed by atoms with E-state index in [9.17, 15) is 22.2 Å². The maximum atomic E-state index is 10.7. The van der Waals surface area contributed by atoms with Crippen molar-refractivity contribution in [2.24, 2.45) is 0 Å². The van der Waals surface area contributed by atoms with Crippen molar-refractivity contribution in [2.75, 3.05) is 12.5 Å². The highest BCUT2D eigenvalue weighted by Crippen LogP contribution is 2.16. The number of rotatable bonds is 3. The van der Waals surface area contributed by atoms with Crippen LogP contribution in [0.1, 0.15) is 20.7 Å². The average Bonchev–Trinajstić information content (AvgIpc) is 2.25. The molecule has 0 radical (unpaired) electrons. The molecule has 0 bridgehead atoms. The summed E-state index contributed by atoms with van der Waals surface area (Å²) in [5.41, 5.74) is -1.26. The fraction of sp³-hybridized carbons (Fsp3) is 0.200. The van der Waals surface area contributed by atoms with Crippen LogP contribution in [0, 0.1) is 0 Å². The molecule has 0 aromatic heterocycles. The lowest BCUT2D eigenvalue weighted by Crippen LogP contribution is -2.10. The summed E-state index contributed by atoms with van der Waals surface area (Å²) in [5.74, 6) is -3.10. The topological polar surface area (TPSA) is 146 Å². The predicted octanol–water partition coefficient (Wildman–Crippen LogP) is 0.324. The highest BCUT2D eigenvalue weighted by atomic mass is 32.2. The van der Waals surface area contributed by atoms with Crippen LogP contribution in [0.25, 0.3) is 0 Å². The third kappa shape index (κ3) is 5.91. The number of aromatic carboxylic acids is 2. The van der Waals surface area contributed by atoms with Gasteiger partial charge < -0.3 is 10.2 Å². The van der Waals surface area contributed by atoms with Gasteiger partial charge in [-0.1, -0.05) is 0 Å². The van der Waals surface area contributed by atoms with Crippen LogP contribution < -0.4 is 0 Å². The minimum absolute atomic E-state index is 0.556. The Kier molecular flexibility index (Phi) is 6.49. The second-order valence-electron chi connectivity index (χ2n) is 3.53. The van der Waals surface area contributed by atoms with E-state index >= 15 is 0 Å². The van der Waals surface area contributed by atoms with Crippen molar-refractivity contribution in [2.45, 2.75) is 4.90 Å². The van der Waals surface area contributed by atoms with Crippen LogP contribution in [0.5, 0.6) is 0 Å². The van der Waals surface area contributed by atoms with E-state index in [0.29, 0.717) is 6.07 Å². The quantitative estimate of drug-likeness (QED) is 0.674. The fourth-order valence-electron chi connectivity index (χ4n) is 1.05. The molecule has 112 valence electrons. The van der Waals surface area contributed by atoms with Gasteiger partial charge in [-0.25, -0.2) is 9.59 Å². The molecule has 0 spiro atoms. The van der Waals surface area contributed by atoms with Gasteiger partial charge in [-0.15, -0.1) is 0 Å². The molecule has 20 heavy (non-hydrogen) atoms. The lowest BCUT2D eigenvalue weighted by molar-refractivity contribution is 0.0651. The first-order valence-corrected chi connectivity index (χ1v) is 8.20. The van der Waals surface area contributed by atoms with Crippen LogP contribution in [-0.2, 0) is 20.9 Å². The summed E-state index contributed by atoms with van der Waals surface area (Å²) in [6.07, 6.45) is 3.28. The molecule has 0 fully saturated rings. The monoisotopic (exact) mass is 324 g/mol. The summed E-state index contributed by atoms with van der Waals surface area (Å²) in [6.45, 7) is 0. The summed E-state index contributed by atoms with van der Waals surface area (Å²) in [7, 11) is -5.17. The van der Waals surface area contributed by atoms with Gasteiger partial charge >= 0.3 is 11.9 Å². The SMILES string of the molecule is CS(C)=O.O=C(O)c1ccc(S(=O)(=O)O)cc1C(=O)O. The molecule has 3 N–H and O–H groups in total. The van der Waals surface area contributed by atoms with Crippen LogP contribution in [0.4, 0.5) is 0 Å². The largest absolute Gasteiger partial charge is 0.478 e. The van der Waals surface area contributed by atoms with Crippen LogP contribution in [0.2, 0.25) is 0 Å². The summed E-state index contributed by atoms with van der Waals surface area (Å²) >= 11 is 0. The first-order chi connectivity index (χ1) is 8.96. The Morgan fingerprint density at radius 3 is 1.75 bits per heavy atom. The first kappa shape index (κ1) is 18.2. The maximum absolute atomic E-state index is 10.7. The number of carboxylic acids is 2. The predicted molar refractivity (Wildman–Crippen MR) is 70.2 cm³/mol. The third-order valence-electron chi connectivity index (χ3n) is 1.75. The lowest BCUT2D eigenvalue weighted by Gasteiger charge is -2.03. The molecule has 1 rings (SSSR count). The molecule has 0 aliphatic carbocycles. The van der Waals surface area contributed by atoms with E-state index in [2.05, 4.69) is 0 Å². The van der Waals surface area contributed by atoms with Crippen LogP contribution in [0.15, 0.2) is 23.1 Å². The number of carbonyl (C=O) groups is 2. The standard InChI is InChI=1S/C8H6O7S.C2H6OS/c9-7(10)5-2-1-4(16(13,14)15)3-6(5)8(11)12;1-4(2)3/h1-3H,(H,9,10)(H,11,12)(H,13,14,15);1-2H3. The molecule has 0 unspecified atom stereocenters. The molecule has 0 aliphatic heterocycles. The molecule has 0 amide bonds. The summed E-state index contributed by atoms with van der Waals surface area (Å²) in [6, 6.07) is 2.20. The number of hydrogen-bond donors (Lipinski definition) is 3. The van der Waals surface area contributed by atoms with Gasteiger partial charge in [0.05, 0.1) is 16.0 Å². The Bertz CT molecular complexity index is 643. The van der Waals surface area contributed by atoms with Gasteiger partial charge in [-0.3, -0.25) is 8.76 Å². The van der Waals surface area contributed by atoms with Crippen molar-refractivity contribution < 1.29 is 37.0 Å². The number of benzene rings is 1. The molecule has 8 nitrogen and oxygen atoms in total. The van der Waals surface area contributed by atoms with Crippen LogP contribution in [0.3, 0.4) is 0 Å². The number of hydrogen-bond acceptors (Lipinski definition) is 5. The summed E-state index contributed by atoms with van der Waals surface area (Å²) < 4.78 is 39.6.